The second kappa shape index (κ2) is 7.20. The molecule has 0 bridgehead atoms. The molecule has 1 aromatic carbocycles. The number of aromatic nitrogens is 1. The number of nitrogens with zero attached hydrogens (tertiary/aromatic N) is 2. The first kappa shape index (κ1) is 16.7. The molecule has 0 fully saturated rings. The van der Waals surface area contributed by atoms with Crippen molar-refractivity contribution in [1.29, 1.82) is 0 Å². The highest BCUT2D eigenvalue weighted by Gasteiger charge is 2.19. The summed E-state index contributed by atoms with van der Waals surface area (Å²) >= 11 is 0. The highest BCUT2D eigenvalue weighted by molar-refractivity contribution is 5.91. The number of hydrogen-bond acceptors (Lipinski definition) is 4. The minimum Gasteiger partial charge on any atom is -0.370 e. The van der Waals surface area contributed by atoms with Crippen molar-refractivity contribution in [2.45, 2.75) is 32.2 Å². The second-order valence-corrected chi connectivity index (χ2v) is 6.63. The van der Waals surface area contributed by atoms with Crippen LogP contribution in [0.2, 0.25) is 0 Å². The Bertz CT molecular complexity index is 775. The Morgan fingerprint density at radius 3 is 2.88 bits per heavy atom. The van der Waals surface area contributed by atoms with Crippen LogP contribution in [0.1, 0.15) is 29.7 Å². The van der Waals surface area contributed by atoms with Gasteiger partial charge in [-0.3, -0.25) is 0 Å². The summed E-state index contributed by atoms with van der Waals surface area (Å²) in [5.74, 6) is 4.33. The van der Waals surface area contributed by atoms with E-state index >= 15 is 0 Å². The first-order chi connectivity index (χ1) is 11.6. The maximum absolute atomic E-state index is 11.2. The number of rotatable bonds is 5. The van der Waals surface area contributed by atoms with Gasteiger partial charge in [-0.15, -0.1) is 0 Å². The van der Waals surface area contributed by atoms with Crippen molar-refractivity contribution in [3.8, 4) is 0 Å². The van der Waals surface area contributed by atoms with Crippen LogP contribution in [0.4, 0.5) is 0 Å². The summed E-state index contributed by atoms with van der Waals surface area (Å²) in [6, 6.07) is 6.38. The lowest BCUT2D eigenvalue weighted by atomic mass is 9.95. The number of aryl methyl sites for hydroxylation is 1. The lowest BCUT2D eigenvalue weighted by Gasteiger charge is -2.17. The molecule has 2 aromatic rings. The number of likely N-dealkylation sites (N-methyl/N-ethyl adjacent to an activating group) is 1. The molecule has 1 heterocycles. The van der Waals surface area contributed by atoms with E-state index in [0.717, 1.165) is 31.5 Å². The summed E-state index contributed by atoms with van der Waals surface area (Å²) in [6.45, 7) is 2.04. The van der Waals surface area contributed by atoms with Crippen LogP contribution >= 0.6 is 0 Å². The number of nitrogens with two attached hydrogens (primary N) is 1. The van der Waals surface area contributed by atoms with Crippen LogP contribution in [0.3, 0.4) is 0 Å². The van der Waals surface area contributed by atoms with Crippen LogP contribution in [0.15, 0.2) is 24.3 Å². The van der Waals surface area contributed by atoms with Crippen LogP contribution < -0.4 is 5.90 Å². The van der Waals surface area contributed by atoms with Crippen LogP contribution in [0.25, 0.3) is 17.0 Å². The minimum absolute atomic E-state index is 0.541. The van der Waals surface area contributed by atoms with Crippen LogP contribution in [0, 0.1) is 0 Å². The molecule has 0 spiro atoms. The van der Waals surface area contributed by atoms with Crippen LogP contribution in [-0.2, 0) is 29.0 Å². The van der Waals surface area contributed by atoms with Gasteiger partial charge >= 0.3 is 5.97 Å². The van der Waals surface area contributed by atoms with Gasteiger partial charge in [0.25, 0.3) is 0 Å². The van der Waals surface area contributed by atoms with E-state index in [1.54, 1.807) is 6.08 Å². The number of benzene rings is 1. The zero-order valence-corrected chi connectivity index (χ0v) is 14.4. The Kier molecular flexibility index (Phi) is 5.02. The molecule has 1 aromatic heterocycles. The molecule has 1 aliphatic rings. The van der Waals surface area contributed by atoms with E-state index in [-0.39, 0.29) is 0 Å². The fraction of sp³-hybridized carbons (Fsp3) is 0.421. The highest BCUT2D eigenvalue weighted by atomic mass is 16.7. The fourth-order valence-corrected chi connectivity index (χ4v) is 3.52. The highest BCUT2D eigenvalue weighted by Crippen LogP contribution is 2.33. The van der Waals surface area contributed by atoms with E-state index in [0.29, 0.717) is 0 Å². The Balaban J connectivity index is 2.02. The SMILES string of the molecule is CN(C)CCn1c2c(c3cc(/C=C/C(=O)ON)ccc31)CCCC2. The molecule has 3 rings (SSSR count). The Hall–Kier alpha value is -2.11. The number of carbonyl (C=O) groups excluding carboxylic acids is 1. The van der Waals surface area contributed by atoms with Gasteiger partial charge in [0.1, 0.15) is 0 Å². The maximum atomic E-state index is 11.2. The largest absolute Gasteiger partial charge is 0.370 e. The molecule has 24 heavy (non-hydrogen) atoms. The van der Waals surface area contributed by atoms with Gasteiger partial charge in [-0.05, 0) is 69.1 Å². The van der Waals surface area contributed by atoms with Crippen molar-refractivity contribution in [2.24, 2.45) is 5.90 Å². The smallest absolute Gasteiger partial charge is 0.349 e. The predicted molar refractivity (Wildman–Crippen MR) is 96.4 cm³/mol. The molecule has 0 aliphatic heterocycles. The van der Waals surface area contributed by atoms with E-state index in [2.05, 4.69) is 40.5 Å². The van der Waals surface area contributed by atoms with Crippen LogP contribution in [0.5, 0.6) is 0 Å². The average molecular weight is 327 g/mol. The summed E-state index contributed by atoms with van der Waals surface area (Å²) in [6.07, 6.45) is 7.92. The standard InChI is InChI=1S/C19H25N3O2/c1-21(2)11-12-22-17-6-4-3-5-15(17)16-13-14(7-9-18(16)22)8-10-19(23)24-20/h7-10,13H,3-6,11-12,20H2,1-2H3/b10-8+. The molecule has 0 radical (unpaired) electrons. The fourth-order valence-electron chi connectivity index (χ4n) is 3.52. The van der Waals surface area contributed by atoms with E-state index < -0.39 is 5.97 Å². The van der Waals surface area contributed by atoms with Crippen molar-refractivity contribution in [3.05, 3.63) is 41.1 Å². The summed E-state index contributed by atoms with van der Waals surface area (Å²) in [5, 5.41) is 1.31. The van der Waals surface area contributed by atoms with E-state index in [1.165, 1.54) is 41.1 Å². The van der Waals surface area contributed by atoms with Gasteiger partial charge in [-0.1, -0.05) is 6.07 Å². The monoisotopic (exact) mass is 327 g/mol. The Labute approximate surface area is 142 Å². The van der Waals surface area contributed by atoms with Crippen molar-refractivity contribution in [1.82, 2.24) is 9.47 Å². The van der Waals surface area contributed by atoms with E-state index in [9.17, 15) is 4.79 Å². The molecule has 0 amide bonds. The summed E-state index contributed by atoms with van der Waals surface area (Å²) in [7, 11) is 4.22. The molecule has 0 atom stereocenters. The van der Waals surface area contributed by atoms with Gasteiger partial charge < -0.3 is 14.3 Å². The summed E-state index contributed by atoms with van der Waals surface area (Å²) in [4.78, 5) is 17.6. The molecular weight excluding hydrogens is 302 g/mol. The van der Waals surface area contributed by atoms with Crippen molar-refractivity contribution in [3.63, 3.8) is 0 Å². The van der Waals surface area contributed by atoms with Gasteiger partial charge in [0, 0.05) is 35.8 Å². The lowest BCUT2D eigenvalue weighted by Crippen LogP contribution is -2.20. The average Bonchev–Trinajstić information content (AvgIpc) is 2.91. The van der Waals surface area contributed by atoms with Gasteiger partial charge in [0.2, 0.25) is 0 Å². The van der Waals surface area contributed by atoms with Crippen molar-refractivity contribution >= 4 is 22.9 Å². The maximum Gasteiger partial charge on any atom is 0.349 e. The first-order valence-electron chi connectivity index (χ1n) is 8.47. The van der Waals surface area contributed by atoms with Gasteiger partial charge in [0.05, 0.1) is 0 Å². The first-order valence-corrected chi connectivity index (χ1v) is 8.47. The summed E-state index contributed by atoms with van der Waals surface area (Å²) < 4.78 is 2.48. The molecule has 2 N–H and O–H groups in total. The van der Waals surface area contributed by atoms with Crippen molar-refractivity contribution < 1.29 is 9.63 Å². The predicted octanol–water partition coefficient (Wildman–Crippen LogP) is 2.51. The lowest BCUT2D eigenvalue weighted by molar-refractivity contribution is -0.138. The van der Waals surface area contributed by atoms with Crippen LogP contribution in [-0.4, -0.2) is 36.1 Å². The second-order valence-electron chi connectivity index (χ2n) is 6.63. The molecule has 0 saturated carbocycles. The molecule has 0 unspecified atom stereocenters. The minimum atomic E-state index is -0.541. The van der Waals surface area contributed by atoms with Gasteiger partial charge in [-0.2, -0.15) is 5.90 Å². The van der Waals surface area contributed by atoms with Gasteiger partial charge in [-0.25, -0.2) is 4.79 Å². The third-order valence-corrected chi connectivity index (χ3v) is 4.70. The van der Waals surface area contributed by atoms with Crippen molar-refractivity contribution in [2.75, 3.05) is 20.6 Å². The molecule has 128 valence electrons. The quantitative estimate of drug-likeness (QED) is 0.677. The molecule has 1 aliphatic carbocycles. The number of carbonyl (C=O) groups is 1. The number of hydrogen-bond donors (Lipinski definition) is 1. The molecule has 5 heteroatoms. The molecular formula is C19H25N3O2. The topological polar surface area (TPSA) is 60.5 Å². The summed E-state index contributed by atoms with van der Waals surface area (Å²) in [5.41, 5.74) is 5.25. The van der Waals surface area contributed by atoms with Gasteiger partial charge in [0.15, 0.2) is 0 Å². The third-order valence-electron chi connectivity index (χ3n) is 4.70. The molecule has 5 nitrogen and oxygen atoms in total. The molecule has 0 saturated heterocycles. The zero-order valence-electron chi connectivity index (χ0n) is 14.4. The normalized spacial score (nSPS) is 14.5. The Morgan fingerprint density at radius 1 is 1.33 bits per heavy atom. The Morgan fingerprint density at radius 2 is 2.12 bits per heavy atom. The van der Waals surface area contributed by atoms with E-state index in [1.807, 2.05) is 6.07 Å². The third kappa shape index (κ3) is 3.37. The number of fused-ring (bicyclic) bond motifs is 3. The zero-order chi connectivity index (χ0) is 17.1. The van der Waals surface area contributed by atoms with E-state index in [4.69, 9.17) is 5.90 Å².